The largest absolute Gasteiger partial charge is 0.481 e. The molecule has 1 aliphatic heterocycles. The lowest BCUT2D eigenvalue weighted by Gasteiger charge is -2.28. The van der Waals surface area contributed by atoms with E-state index in [1.165, 1.54) is 21.4 Å². The van der Waals surface area contributed by atoms with Crippen LogP contribution in [0.3, 0.4) is 0 Å². The number of aliphatic carboxylic acids is 1. The van der Waals surface area contributed by atoms with Crippen LogP contribution in [0.1, 0.15) is 19.3 Å². The maximum absolute atomic E-state index is 12.3. The maximum Gasteiger partial charge on any atom is 0.305 e. The van der Waals surface area contributed by atoms with Crippen LogP contribution < -0.4 is 0 Å². The lowest BCUT2D eigenvalue weighted by Crippen LogP contribution is -2.41. The summed E-state index contributed by atoms with van der Waals surface area (Å²) < 4.78 is 27.2. The Hall–Kier alpha value is -1.45. The van der Waals surface area contributed by atoms with Crippen molar-refractivity contribution >= 4 is 16.0 Å². The van der Waals surface area contributed by atoms with Crippen molar-refractivity contribution in [3.8, 4) is 0 Å². The molecule has 0 bridgehead atoms. The molecule has 0 amide bonds. The first-order valence-electron chi connectivity index (χ1n) is 6.32. The minimum Gasteiger partial charge on any atom is -0.481 e. The van der Waals surface area contributed by atoms with Crippen molar-refractivity contribution in [2.45, 2.75) is 36.8 Å². The molecule has 1 unspecified atom stereocenters. The van der Waals surface area contributed by atoms with Gasteiger partial charge in [-0.15, -0.1) is 0 Å². The van der Waals surface area contributed by atoms with Crippen LogP contribution in [0.2, 0.25) is 0 Å². The number of nitrogens with zero attached hydrogens (tertiary/aromatic N) is 3. The van der Waals surface area contributed by atoms with Crippen LogP contribution in [0.15, 0.2) is 17.3 Å². The number of carboxylic acids is 1. The molecule has 1 aromatic heterocycles. The monoisotopic (exact) mass is 303 g/mol. The summed E-state index contributed by atoms with van der Waals surface area (Å²) in [6, 6.07) is 0. The molecule has 2 heterocycles. The lowest BCUT2D eigenvalue weighted by molar-refractivity contribution is -0.137. The van der Waals surface area contributed by atoms with Crippen LogP contribution in [0.25, 0.3) is 0 Å². The fourth-order valence-corrected chi connectivity index (χ4v) is 3.57. The summed E-state index contributed by atoms with van der Waals surface area (Å²) in [6.45, 7) is 0.579. The molecule has 112 valence electrons. The Morgan fingerprint density at radius 1 is 1.50 bits per heavy atom. The van der Waals surface area contributed by atoms with Crippen LogP contribution in [-0.2, 0) is 21.4 Å². The van der Waals surface area contributed by atoms with E-state index in [1.807, 2.05) is 0 Å². The molecule has 9 heteroatoms. The molecule has 8 nitrogen and oxygen atoms in total. The van der Waals surface area contributed by atoms with E-state index in [4.69, 9.17) is 5.11 Å². The number of hydrogen-bond acceptors (Lipinski definition) is 5. The van der Waals surface area contributed by atoms with Crippen LogP contribution in [-0.4, -0.2) is 57.9 Å². The molecule has 0 radical (unpaired) electrons. The van der Waals surface area contributed by atoms with Gasteiger partial charge in [0.25, 0.3) is 0 Å². The fourth-order valence-electron chi connectivity index (χ4n) is 2.10. The van der Waals surface area contributed by atoms with Gasteiger partial charge in [0.15, 0.2) is 0 Å². The molecule has 20 heavy (non-hydrogen) atoms. The number of piperidine rings is 1. The van der Waals surface area contributed by atoms with Gasteiger partial charge in [-0.25, -0.2) is 8.42 Å². The number of rotatable bonds is 5. The summed E-state index contributed by atoms with van der Waals surface area (Å²) in [5.74, 6) is -0.968. The zero-order valence-electron chi connectivity index (χ0n) is 10.8. The highest BCUT2D eigenvalue weighted by Crippen LogP contribution is 2.20. The number of aliphatic hydroxyl groups is 1. The van der Waals surface area contributed by atoms with Gasteiger partial charge < -0.3 is 10.2 Å². The molecule has 0 saturated carbocycles. The van der Waals surface area contributed by atoms with E-state index < -0.39 is 22.1 Å². The van der Waals surface area contributed by atoms with Crippen molar-refractivity contribution in [1.29, 1.82) is 0 Å². The number of carbonyl (C=O) groups is 1. The van der Waals surface area contributed by atoms with E-state index in [9.17, 15) is 18.3 Å². The predicted octanol–water partition coefficient (Wildman–Crippen LogP) is -0.497. The van der Waals surface area contributed by atoms with Crippen LogP contribution in [0, 0.1) is 0 Å². The molecular formula is C11H17N3O5S. The van der Waals surface area contributed by atoms with E-state index in [0.717, 1.165) is 0 Å². The SMILES string of the molecule is O=C(O)CCn1cc(S(=O)(=O)N2CCCC(O)C2)cn1. The summed E-state index contributed by atoms with van der Waals surface area (Å²) in [4.78, 5) is 10.5. The first kappa shape index (κ1) is 14.9. The van der Waals surface area contributed by atoms with Crippen LogP contribution in [0.4, 0.5) is 0 Å². The van der Waals surface area contributed by atoms with Crippen molar-refractivity contribution in [3.63, 3.8) is 0 Å². The van der Waals surface area contributed by atoms with E-state index in [2.05, 4.69) is 5.10 Å². The number of aryl methyl sites for hydroxylation is 1. The second-order valence-corrected chi connectivity index (χ2v) is 6.68. The summed E-state index contributed by atoms with van der Waals surface area (Å²) in [5, 5.41) is 22.0. The molecule has 2 N–H and O–H groups in total. The van der Waals surface area contributed by atoms with Gasteiger partial charge >= 0.3 is 5.97 Å². The van der Waals surface area contributed by atoms with Crippen molar-refractivity contribution in [1.82, 2.24) is 14.1 Å². The normalized spacial score (nSPS) is 20.9. The maximum atomic E-state index is 12.3. The Morgan fingerprint density at radius 2 is 2.25 bits per heavy atom. The highest BCUT2D eigenvalue weighted by atomic mass is 32.2. The highest BCUT2D eigenvalue weighted by molar-refractivity contribution is 7.89. The van der Waals surface area contributed by atoms with E-state index in [1.54, 1.807) is 0 Å². The van der Waals surface area contributed by atoms with Gasteiger partial charge in [-0.3, -0.25) is 9.48 Å². The van der Waals surface area contributed by atoms with Gasteiger partial charge in [0, 0.05) is 19.3 Å². The predicted molar refractivity (Wildman–Crippen MR) is 68.5 cm³/mol. The van der Waals surface area contributed by atoms with Gasteiger partial charge in [0.2, 0.25) is 10.0 Å². The van der Waals surface area contributed by atoms with Gasteiger partial charge in [-0.1, -0.05) is 0 Å². The van der Waals surface area contributed by atoms with E-state index in [0.29, 0.717) is 19.4 Å². The summed E-state index contributed by atoms with van der Waals surface area (Å²) in [7, 11) is -3.67. The second-order valence-electron chi connectivity index (χ2n) is 4.74. The second kappa shape index (κ2) is 5.90. The number of carboxylic acid groups (broad SMARTS) is 1. The average molecular weight is 303 g/mol. The van der Waals surface area contributed by atoms with Crippen molar-refractivity contribution < 1.29 is 23.4 Å². The number of hydrogen-bond donors (Lipinski definition) is 2. The Kier molecular flexibility index (Phi) is 4.41. The average Bonchev–Trinajstić information content (AvgIpc) is 2.86. The van der Waals surface area contributed by atoms with Crippen LogP contribution >= 0.6 is 0 Å². The van der Waals surface area contributed by atoms with Gasteiger partial charge in [-0.2, -0.15) is 9.40 Å². The fraction of sp³-hybridized carbons (Fsp3) is 0.636. The summed E-state index contributed by atoms with van der Waals surface area (Å²) in [6.07, 6.45) is 2.99. The lowest BCUT2D eigenvalue weighted by atomic mass is 10.1. The first-order chi connectivity index (χ1) is 9.39. The van der Waals surface area contributed by atoms with Crippen molar-refractivity contribution in [2.75, 3.05) is 13.1 Å². The van der Waals surface area contributed by atoms with Gasteiger partial charge in [-0.05, 0) is 12.8 Å². The number of aromatic nitrogens is 2. The van der Waals surface area contributed by atoms with E-state index in [-0.39, 0.29) is 24.4 Å². The van der Waals surface area contributed by atoms with Crippen LogP contribution in [0.5, 0.6) is 0 Å². The molecule has 1 saturated heterocycles. The van der Waals surface area contributed by atoms with Crippen molar-refractivity contribution in [3.05, 3.63) is 12.4 Å². The molecule has 0 aromatic carbocycles. The van der Waals surface area contributed by atoms with Crippen molar-refractivity contribution in [2.24, 2.45) is 0 Å². The Balaban J connectivity index is 2.11. The topological polar surface area (TPSA) is 113 Å². The third kappa shape index (κ3) is 3.35. The zero-order valence-corrected chi connectivity index (χ0v) is 11.7. The van der Waals surface area contributed by atoms with E-state index >= 15 is 0 Å². The number of sulfonamides is 1. The first-order valence-corrected chi connectivity index (χ1v) is 7.76. The standard InChI is InChI=1S/C11H17N3O5S/c15-9-2-1-4-14(7-9)20(18,19)10-6-12-13(8-10)5-3-11(16)17/h6,8-9,15H,1-5,7H2,(H,16,17). The molecule has 1 aromatic rings. The Labute approximate surface area is 116 Å². The molecule has 1 atom stereocenters. The Bertz CT molecular complexity index is 583. The smallest absolute Gasteiger partial charge is 0.305 e. The summed E-state index contributed by atoms with van der Waals surface area (Å²) >= 11 is 0. The minimum atomic E-state index is -3.67. The summed E-state index contributed by atoms with van der Waals surface area (Å²) in [5.41, 5.74) is 0. The number of β-amino-alcohol motifs (C(OH)–C–C–N with tert-alkyl or cyclic N) is 1. The molecule has 0 spiro atoms. The van der Waals surface area contributed by atoms with Gasteiger partial charge in [0.05, 0.1) is 25.3 Å². The quantitative estimate of drug-likeness (QED) is 0.758. The Morgan fingerprint density at radius 3 is 2.90 bits per heavy atom. The van der Waals surface area contributed by atoms with Gasteiger partial charge in [0.1, 0.15) is 4.90 Å². The minimum absolute atomic E-state index is 0.0250. The number of aliphatic hydroxyl groups excluding tert-OH is 1. The third-order valence-electron chi connectivity index (χ3n) is 3.16. The molecule has 1 fully saturated rings. The molecule has 0 aliphatic carbocycles. The zero-order chi connectivity index (χ0) is 14.8. The highest BCUT2D eigenvalue weighted by Gasteiger charge is 2.30. The molecule has 2 rings (SSSR count). The molecule has 1 aliphatic rings. The third-order valence-corrected chi connectivity index (χ3v) is 4.98. The molecular weight excluding hydrogens is 286 g/mol.